The van der Waals surface area contributed by atoms with Crippen LogP contribution in [-0.4, -0.2) is 244 Å². The van der Waals surface area contributed by atoms with Gasteiger partial charge in [-0.15, -0.1) is 0 Å². The summed E-state index contributed by atoms with van der Waals surface area (Å²) < 4.78 is 6.62. The van der Waals surface area contributed by atoms with E-state index in [1.807, 2.05) is 32.3 Å². The summed E-state index contributed by atoms with van der Waals surface area (Å²) in [7, 11) is 0. The molecule has 0 saturated carbocycles. The molecule has 0 radical (unpaired) electrons. The van der Waals surface area contributed by atoms with E-state index in [9.17, 15) is 73.2 Å². The maximum absolute atomic E-state index is 14.1. The zero-order valence-electron chi connectivity index (χ0n) is 44.3. The number of carboxylic acids is 3. The molecule has 0 aromatic carbocycles. The summed E-state index contributed by atoms with van der Waals surface area (Å²) in [6, 6.07) is -1.22. The first-order chi connectivity index (χ1) is 37.1. The molecule has 6 rings (SSSR count). The van der Waals surface area contributed by atoms with E-state index in [1.54, 1.807) is 13.1 Å². The third-order valence-corrected chi connectivity index (χ3v) is 15.0. The van der Waals surface area contributed by atoms with Crippen LogP contribution in [0, 0.1) is 17.8 Å². The fourth-order valence-electron chi connectivity index (χ4n) is 10.5. The summed E-state index contributed by atoms with van der Waals surface area (Å²) in [4.78, 5) is 148. The van der Waals surface area contributed by atoms with Crippen LogP contribution in [0.15, 0.2) is 18.3 Å². The molecule has 1 aliphatic carbocycles. The highest BCUT2D eigenvalue weighted by Crippen LogP contribution is 2.35. The van der Waals surface area contributed by atoms with Crippen LogP contribution in [-0.2, 0) is 70.4 Å². The molecule has 27 nitrogen and oxygen atoms in total. The summed E-state index contributed by atoms with van der Waals surface area (Å²) in [5.41, 5.74) is 1.61. The SMILES string of the molecule is CCC(C)C(NC(=O)CCNC(=O)CN(CC(=O)O)C(=O)CCNC(=O)CN1CCC(CN2CCN(CC(=O)O)CCN(CC(=O)O)CC2)CC1)C(=O)N[C@H]1CCn2ccc3c2C(=C[C@@H](C(=O)NC2CC(=O)OC2O)C3)C1=O. The number of amides is 6. The molecule has 3 saturated heterocycles. The molecule has 430 valence electrons. The minimum absolute atomic E-state index is 0.0756. The number of aliphatic carboxylic acids is 3. The number of aromatic nitrogens is 1. The first kappa shape index (κ1) is 60.4. The number of aryl methyl sites for hydroxylation is 1. The van der Waals surface area contributed by atoms with Crippen molar-refractivity contribution in [3.63, 3.8) is 0 Å². The summed E-state index contributed by atoms with van der Waals surface area (Å²) in [5, 5.41) is 51.6. The molecular formula is C51H75N11O16. The molecular weight excluding hydrogens is 1020 g/mol. The van der Waals surface area contributed by atoms with E-state index < -0.39 is 109 Å². The topological polar surface area (TPSA) is 359 Å². The summed E-state index contributed by atoms with van der Waals surface area (Å²) in [5.74, 6) is -8.77. The summed E-state index contributed by atoms with van der Waals surface area (Å²) in [6.45, 7) is 7.29. The molecule has 1 aromatic rings. The second-order valence-electron chi connectivity index (χ2n) is 20.8. The minimum Gasteiger partial charge on any atom is -0.480 e. The molecule has 78 heavy (non-hydrogen) atoms. The lowest BCUT2D eigenvalue weighted by Gasteiger charge is -2.35. The number of aliphatic hydroxyl groups is 1. The smallest absolute Gasteiger partial charge is 0.323 e. The molecule has 5 heterocycles. The van der Waals surface area contributed by atoms with E-state index in [0.717, 1.165) is 29.8 Å². The van der Waals surface area contributed by atoms with Gasteiger partial charge in [0.1, 0.15) is 25.2 Å². The predicted octanol–water partition coefficient (Wildman–Crippen LogP) is -3.49. The van der Waals surface area contributed by atoms with Gasteiger partial charge in [0.05, 0.1) is 43.7 Å². The monoisotopic (exact) mass is 1100 g/mol. The Morgan fingerprint density at radius 3 is 1.94 bits per heavy atom. The van der Waals surface area contributed by atoms with Crippen LogP contribution in [0.5, 0.6) is 0 Å². The van der Waals surface area contributed by atoms with Crippen LogP contribution in [0.3, 0.4) is 0 Å². The molecule has 6 amide bonds. The van der Waals surface area contributed by atoms with Crippen LogP contribution in [0.4, 0.5) is 0 Å². The number of aliphatic hydroxyl groups excluding tert-OH is 1. The molecule has 6 atom stereocenters. The van der Waals surface area contributed by atoms with E-state index in [-0.39, 0.29) is 76.3 Å². The zero-order chi connectivity index (χ0) is 56.6. The highest BCUT2D eigenvalue weighted by Gasteiger charge is 2.40. The van der Waals surface area contributed by atoms with Crippen molar-refractivity contribution in [2.24, 2.45) is 17.8 Å². The number of hydrogen-bond donors (Lipinski definition) is 9. The number of nitrogens with zero attached hydrogens (tertiary/aromatic N) is 6. The fourth-order valence-corrected chi connectivity index (χ4v) is 10.5. The predicted molar refractivity (Wildman–Crippen MR) is 274 cm³/mol. The third-order valence-electron chi connectivity index (χ3n) is 15.0. The first-order valence-electron chi connectivity index (χ1n) is 26.7. The van der Waals surface area contributed by atoms with Gasteiger partial charge in [-0.05, 0) is 62.2 Å². The molecule has 0 bridgehead atoms. The average Bonchev–Trinajstić information content (AvgIpc) is 4.00. The lowest BCUT2D eigenvalue weighted by molar-refractivity contribution is -0.155. The van der Waals surface area contributed by atoms with E-state index >= 15 is 0 Å². The lowest BCUT2D eigenvalue weighted by Crippen LogP contribution is -2.54. The Labute approximate surface area is 451 Å². The Morgan fingerprint density at radius 2 is 1.33 bits per heavy atom. The van der Waals surface area contributed by atoms with Crippen molar-refractivity contribution < 1.29 is 77.9 Å². The number of rotatable bonds is 25. The van der Waals surface area contributed by atoms with Crippen LogP contribution < -0.4 is 26.6 Å². The average molecular weight is 1100 g/mol. The van der Waals surface area contributed by atoms with Gasteiger partial charge in [-0.25, -0.2) is 0 Å². The van der Waals surface area contributed by atoms with Gasteiger partial charge in [-0.1, -0.05) is 26.3 Å². The second kappa shape index (κ2) is 28.7. The van der Waals surface area contributed by atoms with E-state index in [2.05, 4.69) is 31.5 Å². The van der Waals surface area contributed by atoms with E-state index in [4.69, 9.17) is 4.74 Å². The Bertz CT molecular complexity index is 2400. The van der Waals surface area contributed by atoms with Crippen molar-refractivity contribution in [1.82, 2.24) is 55.7 Å². The summed E-state index contributed by atoms with van der Waals surface area (Å²) in [6.07, 6.45) is 3.60. The summed E-state index contributed by atoms with van der Waals surface area (Å²) >= 11 is 0. The second-order valence-corrected chi connectivity index (χ2v) is 20.8. The Kier molecular flexibility index (Phi) is 22.2. The molecule has 3 fully saturated rings. The molecule has 4 aliphatic heterocycles. The van der Waals surface area contributed by atoms with Crippen LogP contribution >= 0.6 is 0 Å². The lowest BCUT2D eigenvalue weighted by atomic mass is 9.85. The van der Waals surface area contributed by atoms with Gasteiger partial charge in [-0.2, -0.15) is 0 Å². The van der Waals surface area contributed by atoms with Crippen molar-refractivity contribution in [3.8, 4) is 0 Å². The van der Waals surface area contributed by atoms with Crippen molar-refractivity contribution in [1.29, 1.82) is 0 Å². The molecule has 9 N–H and O–H groups in total. The van der Waals surface area contributed by atoms with Gasteiger partial charge in [0, 0.05) is 90.1 Å². The zero-order valence-corrected chi connectivity index (χ0v) is 44.3. The van der Waals surface area contributed by atoms with Gasteiger partial charge in [0.15, 0.2) is 5.78 Å². The van der Waals surface area contributed by atoms with Crippen molar-refractivity contribution in [2.75, 3.05) is 105 Å². The van der Waals surface area contributed by atoms with Gasteiger partial charge in [-0.3, -0.25) is 67.4 Å². The number of ketones is 1. The number of piperidine rings is 1. The number of cyclic esters (lactones) is 1. The standard InChI is InChI=1S/C51H75N11O16/c1-3-31(2)46(50(76)54-36-9-15-61-14-8-33-22-34(23-35(47(33)61)48(36)74)49(75)55-37-24-45(73)78-51(37)77)56-38(63)4-10-52-40(65)27-62(30-44(71)72)41(66)5-11-53-39(64)26-57-12-6-32(7-13-57)25-58-16-18-59(28-42(67)68)20-21-60(19-17-58)29-43(69)70/h8,14,23,31-32,34,36-37,46,51,77H,3-7,9-13,15-22,24-30H2,1-2H3,(H,52,65)(H,53,64)(H,54,76)(H,55,75)(H,56,63)(H,67,68)(H,69,70)(H,71,72)/t31?,34-,36-,37?,46?,51?/m0/s1. The Balaban J connectivity index is 0.908. The van der Waals surface area contributed by atoms with Gasteiger partial charge in [0.2, 0.25) is 41.7 Å². The number of nitrogens with one attached hydrogen (secondary N) is 5. The first-order valence-corrected chi connectivity index (χ1v) is 26.7. The molecule has 4 unspecified atom stereocenters. The highest BCUT2D eigenvalue weighted by atomic mass is 16.6. The number of carbonyl (C=O) groups excluding carboxylic acids is 8. The van der Waals surface area contributed by atoms with Gasteiger partial charge < -0.3 is 66.1 Å². The fraction of sp³-hybridized carbons (Fsp3) is 0.667. The number of hydrogen-bond acceptors (Lipinski definition) is 17. The van der Waals surface area contributed by atoms with Crippen LogP contribution in [0.25, 0.3) is 5.57 Å². The van der Waals surface area contributed by atoms with Crippen LogP contribution in [0.2, 0.25) is 0 Å². The number of esters is 1. The molecule has 1 aromatic heterocycles. The van der Waals surface area contributed by atoms with Gasteiger partial charge >= 0.3 is 23.9 Å². The van der Waals surface area contributed by atoms with Crippen molar-refractivity contribution in [3.05, 3.63) is 29.6 Å². The molecule has 27 heteroatoms. The Morgan fingerprint density at radius 1 is 0.718 bits per heavy atom. The number of Topliss-reactive ketones (excluding diaryl/α,β-unsaturated/α-hetero) is 1. The number of carbonyl (C=O) groups is 11. The quantitative estimate of drug-likeness (QED) is 0.0429. The van der Waals surface area contributed by atoms with Crippen molar-refractivity contribution >= 4 is 70.7 Å². The maximum atomic E-state index is 14.1. The van der Waals surface area contributed by atoms with E-state index in [0.29, 0.717) is 76.9 Å². The van der Waals surface area contributed by atoms with Crippen molar-refractivity contribution in [2.45, 2.75) is 96.2 Å². The largest absolute Gasteiger partial charge is 0.480 e. The normalized spacial score (nSPS) is 22.4. The van der Waals surface area contributed by atoms with Gasteiger partial charge in [0.25, 0.3) is 0 Å². The Hall–Kier alpha value is -6.81. The minimum atomic E-state index is -1.49. The van der Waals surface area contributed by atoms with E-state index in [1.165, 1.54) is 6.08 Å². The molecule has 0 spiro atoms. The molecule has 5 aliphatic rings. The maximum Gasteiger partial charge on any atom is 0.323 e. The number of likely N-dealkylation sites (tertiary alicyclic amines) is 1. The number of carboxylic acid groups (broad SMARTS) is 3. The third kappa shape index (κ3) is 17.9. The highest BCUT2D eigenvalue weighted by molar-refractivity contribution is 6.24. The van der Waals surface area contributed by atoms with Crippen LogP contribution in [0.1, 0.15) is 70.1 Å². The number of ether oxygens (including phenoxy) is 1.